The molecule has 0 unspecified atom stereocenters. The molecule has 0 spiro atoms. The van der Waals surface area contributed by atoms with Gasteiger partial charge in [-0.3, -0.25) is 9.10 Å². The van der Waals surface area contributed by atoms with Crippen LogP contribution in [-0.2, 0) is 14.8 Å². The molecule has 0 atom stereocenters. The normalized spacial score (nSPS) is 15.5. The topological polar surface area (TPSA) is 84.9 Å². The Bertz CT molecular complexity index is 830. The summed E-state index contributed by atoms with van der Waals surface area (Å²) in [5.74, 6) is 0.338. The maximum atomic E-state index is 13.1. The fourth-order valence-corrected chi connectivity index (χ4v) is 4.79. The largest absolute Gasteiger partial charge is 0.493 e. The number of rotatable bonds is 7. The van der Waals surface area contributed by atoms with Gasteiger partial charge < -0.3 is 14.8 Å². The lowest BCUT2D eigenvalue weighted by Crippen LogP contribution is -2.41. The van der Waals surface area contributed by atoms with Crippen LogP contribution in [0.25, 0.3) is 5.57 Å². The lowest BCUT2D eigenvalue weighted by molar-refractivity contribution is -0.116. The molecule has 0 fully saturated rings. The highest BCUT2D eigenvalue weighted by Gasteiger charge is 2.39. The van der Waals surface area contributed by atoms with E-state index in [1.165, 1.54) is 18.5 Å². The molecule has 0 aromatic heterocycles. The highest BCUT2D eigenvalue weighted by atomic mass is 32.2. The van der Waals surface area contributed by atoms with Gasteiger partial charge in [-0.05, 0) is 31.9 Å². The first-order valence-electron chi connectivity index (χ1n) is 8.61. The number of methoxy groups -OCH3 is 2. The van der Waals surface area contributed by atoms with Gasteiger partial charge in [0.1, 0.15) is 0 Å². The molecule has 144 valence electrons. The van der Waals surface area contributed by atoms with Crippen molar-refractivity contribution in [3.8, 4) is 11.5 Å². The van der Waals surface area contributed by atoms with Crippen LogP contribution in [0.2, 0.25) is 0 Å². The Morgan fingerprint density at radius 3 is 2.31 bits per heavy atom. The van der Waals surface area contributed by atoms with Gasteiger partial charge in [0.2, 0.25) is 0 Å². The van der Waals surface area contributed by atoms with Gasteiger partial charge in [-0.2, -0.15) is 0 Å². The van der Waals surface area contributed by atoms with Crippen molar-refractivity contribution in [1.82, 2.24) is 5.32 Å². The van der Waals surface area contributed by atoms with Crippen LogP contribution in [-0.4, -0.2) is 41.6 Å². The third-order valence-corrected chi connectivity index (χ3v) is 6.42. The summed E-state index contributed by atoms with van der Waals surface area (Å²) < 4.78 is 38.0. The third kappa shape index (κ3) is 3.38. The maximum Gasteiger partial charge on any atom is 0.270 e. The van der Waals surface area contributed by atoms with Crippen molar-refractivity contribution in [2.75, 3.05) is 31.6 Å². The van der Waals surface area contributed by atoms with Crippen LogP contribution < -0.4 is 19.1 Å². The Labute approximate surface area is 155 Å². The van der Waals surface area contributed by atoms with E-state index in [0.717, 1.165) is 12.8 Å². The number of ether oxygens (including phenoxy) is 2. The van der Waals surface area contributed by atoms with Crippen LogP contribution in [0, 0.1) is 0 Å². The number of carbonyl (C=O) groups excluding carboxylic acids is 1. The Kier molecular flexibility index (Phi) is 6.17. The third-order valence-electron chi connectivity index (χ3n) is 4.37. The number of sulfonamides is 1. The Hall–Kier alpha value is -2.22. The minimum absolute atomic E-state index is 0.198. The average molecular weight is 382 g/mol. The summed E-state index contributed by atoms with van der Waals surface area (Å²) in [4.78, 5) is 12.4. The molecule has 1 heterocycles. The molecule has 1 N–H and O–H groups in total. The highest BCUT2D eigenvalue weighted by Crippen LogP contribution is 2.44. The number of nitrogens with zero attached hydrogens (tertiary/aromatic N) is 1. The molecule has 0 radical (unpaired) electrons. The molecule has 1 amide bonds. The molecule has 0 aliphatic carbocycles. The van der Waals surface area contributed by atoms with E-state index in [1.54, 1.807) is 26.0 Å². The highest BCUT2D eigenvalue weighted by molar-refractivity contribution is 7.97. The SMILES string of the molecule is CCCCNC(=O)C1=C(C)c2cc(OC)c(OC)cc2N(CC)S1(=O)=O. The van der Waals surface area contributed by atoms with Crippen molar-refractivity contribution < 1.29 is 22.7 Å². The van der Waals surface area contributed by atoms with Crippen molar-refractivity contribution >= 4 is 27.2 Å². The Morgan fingerprint density at radius 1 is 1.15 bits per heavy atom. The second kappa shape index (κ2) is 7.99. The summed E-state index contributed by atoms with van der Waals surface area (Å²) in [6.07, 6.45) is 1.70. The molecular formula is C18H26N2O5S. The molecule has 0 bridgehead atoms. The summed E-state index contributed by atoms with van der Waals surface area (Å²) in [5, 5.41) is 2.71. The van der Waals surface area contributed by atoms with E-state index < -0.39 is 15.9 Å². The van der Waals surface area contributed by atoms with E-state index >= 15 is 0 Å². The lowest BCUT2D eigenvalue weighted by atomic mass is 10.0. The van der Waals surface area contributed by atoms with Crippen molar-refractivity contribution in [2.24, 2.45) is 0 Å². The van der Waals surface area contributed by atoms with Gasteiger partial charge >= 0.3 is 0 Å². The molecule has 0 saturated carbocycles. The van der Waals surface area contributed by atoms with E-state index in [1.807, 2.05) is 6.92 Å². The van der Waals surface area contributed by atoms with Crippen molar-refractivity contribution in [1.29, 1.82) is 0 Å². The predicted octanol–water partition coefficient (Wildman–Crippen LogP) is 2.52. The lowest BCUT2D eigenvalue weighted by Gasteiger charge is -2.32. The fourth-order valence-electron chi connectivity index (χ4n) is 3.02. The Balaban J connectivity index is 2.67. The van der Waals surface area contributed by atoms with Crippen LogP contribution in [0.3, 0.4) is 0 Å². The first kappa shape index (κ1) is 20.1. The maximum absolute atomic E-state index is 13.1. The average Bonchev–Trinajstić information content (AvgIpc) is 2.60. The molecule has 8 heteroatoms. The number of allylic oxidation sites excluding steroid dienone is 1. The second-order valence-electron chi connectivity index (χ2n) is 5.96. The summed E-state index contributed by atoms with van der Waals surface area (Å²) in [7, 11) is -0.947. The minimum Gasteiger partial charge on any atom is -0.493 e. The van der Waals surface area contributed by atoms with Crippen molar-refractivity contribution in [3.05, 3.63) is 22.6 Å². The van der Waals surface area contributed by atoms with Crippen LogP contribution in [0.5, 0.6) is 11.5 Å². The Morgan fingerprint density at radius 2 is 1.77 bits per heavy atom. The van der Waals surface area contributed by atoms with Crippen LogP contribution in [0.4, 0.5) is 5.69 Å². The number of nitrogens with one attached hydrogen (secondary N) is 1. The van der Waals surface area contributed by atoms with Crippen LogP contribution in [0.1, 0.15) is 39.2 Å². The van der Waals surface area contributed by atoms with Crippen molar-refractivity contribution in [3.63, 3.8) is 0 Å². The van der Waals surface area contributed by atoms with E-state index in [2.05, 4.69) is 5.32 Å². The van der Waals surface area contributed by atoms with Gasteiger partial charge in [0, 0.05) is 24.7 Å². The van der Waals surface area contributed by atoms with Gasteiger partial charge in [-0.15, -0.1) is 0 Å². The van der Waals surface area contributed by atoms with Gasteiger partial charge in [-0.25, -0.2) is 8.42 Å². The zero-order chi connectivity index (χ0) is 19.5. The number of hydrogen-bond acceptors (Lipinski definition) is 5. The smallest absolute Gasteiger partial charge is 0.270 e. The number of carbonyl (C=O) groups is 1. The van der Waals surface area contributed by atoms with Gasteiger partial charge in [0.25, 0.3) is 15.9 Å². The quantitative estimate of drug-likeness (QED) is 0.733. The standard InChI is InChI=1S/C18H26N2O5S/c1-6-8-9-19-18(21)17-12(3)13-10-15(24-4)16(25-5)11-14(13)20(7-2)26(17,22)23/h10-11H,6-9H2,1-5H3,(H,19,21). The zero-order valence-corrected chi connectivity index (χ0v) is 16.7. The van der Waals surface area contributed by atoms with E-state index in [4.69, 9.17) is 9.47 Å². The first-order valence-corrected chi connectivity index (χ1v) is 10.1. The molecule has 0 saturated heterocycles. The summed E-state index contributed by atoms with van der Waals surface area (Å²) in [6, 6.07) is 3.34. The number of unbranched alkanes of at least 4 members (excludes halogenated alkanes) is 1. The van der Waals surface area contributed by atoms with E-state index in [-0.39, 0.29) is 11.4 Å². The minimum atomic E-state index is -3.95. The summed E-state index contributed by atoms with van der Waals surface area (Å²) in [5.41, 5.74) is 1.52. The molecule has 2 rings (SSSR count). The van der Waals surface area contributed by atoms with Crippen LogP contribution in [0.15, 0.2) is 17.0 Å². The van der Waals surface area contributed by atoms with E-state index in [0.29, 0.717) is 34.9 Å². The molecule has 1 aliphatic heterocycles. The van der Waals surface area contributed by atoms with Crippen LogP contribution >= 0.6 is 0 Å². The van der Waals surface area contributed by atoms with Gasteiger partial charge in [0.15, 0.2) is 16.4 Å². The summed E-state index contributed by atoms with van der Waals surface area (Å²) >= 11 is 0. The first-order chi connectivity index (χ1) is 12.3. The van der Waals surface area contributed by atoms with Gasteiger partial charge in [0.05, 0.1) is 19.9 Å². The molecule has 1 aliphatic rings. The number of benzene rings is 1. The predicted molar refractivity (Wildman–Crippen MR) is 102 cm³/mol. The molecular weight excluding hydrogens is 356 g/mol. The molecule has 1 aromatic rings. The summed E-state index contributed by atoms with van der Waals surface area (Å²) in [6.45, 7) is 6.01. The number of fused-ring (bicyclic) bond motifs is 1. The van der Waals surface area contributed by atoms with Crippen molar-refractivity contribution in [2.45, 2.75) is 33.6 Å². The number of amides is 1. The number of anilines is 1. The molecule has 1 aromatic carbocycles. The second-order valence-corrected chi connectivity index (χ2v) is 7.76. The molecule has 7 nitrogen and oxygen atoms in total. The molecule has 26 heavy (non-hydrogen) atoms. The zero-order valence-electron chi connectivity index (χ0n) is 15.9. The van der Waals surface area contributed by atoms with Gasteiger partial charge in [-0.1, -0.05) is 13.3 Å². The number of hydrogen-bond donors (Lipinski definition) is 1. The monoisotopic (exact) mass is 382 g/mol. The fraction of sp³-hybridized carbons (Fsp3) is 0.500. The van der Waals surface area contributed by atoms with E-state index in [9.17, 15) is 13.2 Å².